The molecule has 3 heteroatoms. The molecule has 0 bridgehead atoms. The van der Waals surface area contributed by atoms with Gasteiger partial charge in [0.05, 0.1) is 11.0 Å². The maximum atomic E-state index is 2.72. The van der Waals surface area contributed by atoms with Gasteiger partial charge in [-0.25, -0.2) is 0 Å². The topological polar surface area (TPSA) is 8.17 Å². The van der Waals surface area contributed by atoms with E-state index in [4.69, 9.17) is 0 Å². The number of para-hydroxylation sites is 1. The zero-order valence-electron chi connectivity index (χ0n) is 53.7. The molecule has 0 saturated carbocycles. The Labute approximate surface area is 516 Å². The van der Waals surface area contributed by atoms with Crippen LogP contribution in [-0.4, -0.2) is 11.3 Å². The molecule has 12 aromatic rings. The van der Waals surface area contributed by atoms with E-state index in [1.54, 1.807) is 0 Å². The van der Waals surface area contributed by atoms with E-state index in [1.807, 2.05) is 0 Å². The number of benzene rings is 11. The molecule has 2 aliphatic heterocycles. The Bertz CT molecular complexity index is 4850. The minimum Gasteiger partial charge on any atom is -0.311 e. The summed E-state index contributed by atoms with van der Waals surface area (Å²) in [6.07, 6.45) is 4.68. The van der Waals surface area contributed by atoms with Crippen LogP contribution in [0.1, 0.15) is 156 Å². The Hall–Kier alpha value is -8.14. The zero-order valence-corrected chi connectivity index (χ0v) is 53.7. The maximum Gasteiger partial charge on any atom is 0.252 e. The van der Waals surface area contributed by atoms with E-state index in [1.165, 1.54) is 173 Å². The van der Waals surface area contributed by atoms with Crippen LogP contribution in [-0.2, 0) is 32.5 Å². The van der Waals surface area contributed by atoms with Crippen molar-refractivity contribution >= 4 is 94.3 Å². The van der Waals surface area contributed by atoms with Gasteiger partial charge in [-0.05, 0) is 205 Å². The molecule has 0 atom stereocenters. The van der Waals surface area contributed by atoms with Gasteiger partial charge in [-0.15, -0.1) is 0 Å². The van der Waals surface area contributed by atoms with Gasteiger partial charge < -0.3 is 9.47 Å². The SMILES string of the molecule is CC(C)(C)c1ccc(N2c3ccc(C(C)(C)C)cc3B3c4c2cc(-c2c(-c5ccc6c(c5)C(C)(C)CCC6(C)C)cccc2-c2ccc5c(c2)C(C)(C)CCC5(C)C)cc4-n2c4ccccc4c4c5c6ccccc6c6ccccc6c5cc3c42)cc1. The summed E-state index contributed by atoms with van der Waals surface area (Å²) in [5.74, 6) is 0. The Balaban J connectivity index is 1.09. The van der Waals surface area contributed by atoms with Crippen molar-refractivity contribution in [3.05, 3.63) is 221 Å². The molecule has 1 aromatic heterocycles. The lowest BCUT2D eigenvalue weighted by atomic mass is 9.33. The van der Waals surface area contributed by atoms with Gasteiger partial charge in [0, 0.05) is 38.9 Å². The molecule has 0 amide bonds. The summed E-state index contributed by atoms with van der Waals surface area (Å²) in [7, 11) is 0. The van der Waals surface area contributed by atoms with Crippen molar-refractivity contribution < 1.29 is 0 Å². The zero-order chi connectivity index (χ0) is 60.2. The molecule has 0 spiro atoms. The highest BCUT2D eigenvalue weighted by Gasteiger charge is 2.45. The van der Waals surface area contributed by atoms with Gasteiger partial charge in [-0.1, -0.05) is 249 Å². The standard InChI is InChI=1S/C84H81BN2/c1-79(2,3)53-32-35-55(36-33-53)86-71-39-34-54(80(4,5)6)48-68(71)85-69-49-63-60-24-16-15-22-58(60)59-23-17-18-25-61(59)75(63)76-62-26-19-20-29-70(62)87(78(69)76)73-47-52(46-72(86)77(73)85)74-56(50-30-37-64-66(44-50)83(11,12)42-40-81(64,7)8)27-21-28-57(74)51-31-38-65-67(45-51)84(13,14)43-41-82(65,9)10/h15-39,44-49H,40-43H2,1-14H3. The fourth-order valence-corrected chi connectivity index (χ4v) is 16.8. The Morgan fingerprint density at radius 2 is 0.862 bits per heavy atom. The summed E-state index contributed by atoms with van der Waals surface area (Å²) < 4.78 is 2.72. The largest absolute Gasteiger partial charge is 0.311 e. The highest BCUT2D eigenvalue weighted by molar-refractivity contribution is 7.00. The highest BCUT2D eigenvalue weighted by atomic mass is 15.2. The van der Waals surface area contributed by atoms with Crippen LogP contribution in [0.3, 0.4) is 0 Å². The maximum absolute atomic E-state index is 2.72. The van der Waals surface area contributed by atoms with Gasteiger partial charge in [-0.3, -0.25) is 0 Å². The van der Waals surface area contributed by atoms with E-state index < -0.39 is 0 Å². The van der Waals surface area contributed by atoms with Crippen LogP contribution in [0.25, 0.3) is 93.2 Å². The van der Waals surface area contributed by atoms with E-state index in [0.29, 0.717) is 0 Å². The molecule has 0 unspecified atom stereocenters. The number of rotatable bonds is 4. The molecule has 0 N–H and O–H groups in total. The fourth-order valence-electron chi connectivity index (χ4n) is 16.8. The van der Waals surface area contributed by atoms with Gasteiger partial charge >= 0.3 is 0 Å². The monoisotopic (exact) mass is 1130 g/mol. The summed E-state index contributed by atoms with van der Waals surface area (Å²) in [6, 6.07) is 75.0. The Morgan fingerprint density at radius 3 is 1.44 bits per heavy atom. The van der Waals surface area contributed by atoms with Crippen LogP contribution < -0.4 is 21.3 Å². The minimum absolute atomic E-state index is 0.00360. The van der Waals surface area contributed by atoms with Crippen LogP contribution in [0.2, 0.25) is 0 Å². The number of hydrogen-bond acceptors (Lipinski definition) is 1. The lowest BCUT2D eigenvalue weighted by molar-refractivity contribution is 0.332. The van der Waals surface area contributed by atoms with Crippen molar-refractivity contribution in [1.29, 1.82) is 0 Å². The quantitative estimate of drug-likeness (QED) is 0.126. The predicted molar refractivity (Wildman–Crippen MR) is 377 cm³/mol. The van der Waals surface area contributed by atoms with Crippen LogP contribution in [0, 0.1) is 0 Å². The van der Waals surface area contributed by atoms with Crippen LogP contribution in [0.4, 0.5) is 17.1 Å². The Morgan fingerprint density at radius 1 is 0.368 bits per heavy atom. The Kier molecular flexibility index (Phi) is 11.4. The minimum atomic E-state index is -0.0814. The van der Waals surface area contributed by atoms with Crippen LogP contribution >= 0.6 is 0 Å². The van der Waals surface area contributed by atoms with Crippen LogP contribution in [0.15, 0.2) is 188 Å². The highest BCUT2D eigenvalue weighted by Crippen LogP contribution is 2.54. The number of hydrogen-bond donors (Lipinski definition) is 0. The molecule has 2 aliphatic carbocycles. The average molecular weight is 1130 g/mol. The third-order valence-corrected chi connectivity index (χ3v) is 22.0. The van der Waals surface area contributed by atoms with Gasteiger partial charge in [0.25, 0.3) is 6.71 Å². The summed E-state index contributed by atoms with van der Waals surface area (Å²) in [5.41, 5.74) is 27.9. The lowest BCUT2D eigenvalue weighted by Crippen LogP contribution is -2.60. The lowest BCUT2D eigenvalue weighted by Gasteiger charge is -2.42. The summed E-state index contributed by atoms with van der Waals surface area (Å²) in [6.45, 7) is 33.8. The summed E-state index contributed by atoms with van der Waals surface area (Å²) in [4.78, 5) is 2.65. The van der Waals surface area contributed by atoms with E-state index >= 15 is 0 Å². The van der Waals surface area contributed by atoms with Gasteiger partial charge in [-0.2, -0.15) is 0 Å². The fraction of sp³-hybridized carbons (Fsp3) is 0.286. The number of nitrogens with zero attached hydrogens (tertiary/aromatic N) is 2. The first-order valence-electron chi connectivity index (χ1n) is 32.4. The smallest absolute Gasteiger partial charge is 0.252 e. The molecular weight excluding hydrogens is 1050 g/mol. The van der Waals surface area contributed by atoms with Crippen molar-refractivity contribution in [3.8, 4) is 39.1 Å². The second-order valence-electron chi connectivity index (χ2n) is 31.4. The van der Waals surface area contributed by atoms with Gasteiger partial charge in [0.2, 0.25) is 0 Å². The molecule has 11 aromatic carbocycles. The first kappa shape index (κ1) is 54.3. The van der Waals surface area contributed by atoms with E-state index in [-0.39, 0.29) is 39.2 Å². The second kappa shape index (κ2) is 18.2. The molecular formula is C84H81BN2. The molecule has 0 fully saturated rings. The molecule has 0 radical (unpaired) electrons. The molecule has 16 rings (SSSR count). The molecule has 430 valence electrons. The van der Waals surface area contributed by atoms with Crippen molar-refractivity contribution in [2.24, 2.45) is 0 Å². The van der Waals surface area contributed by atoms with E-state index in [9.17, 15) is 0 Å². The van der Waals surface area contributed by atoms with E-state index in [2.05, 4.69) is 294 Å². The summed E-state index contributed by atoms with van der Waals surface area (Å²) in [5, 5.41) is 10.5. The third-order valence-electron chi connectivity index (χ3n) is 22.0. The van der Waals surface area contributed by atoms with Crippen molar-refractivity contribution in [2.75, 3.05) is 4.90 Å². The molecule has 87 heavy (non-hydrogen) atoms. The summed E-state index contributed by atoms with van der Waals surface area (Å²) >= 11 is 0. The number of aromatic nitrogens is 1. The normalized spacial score (nSPS) is 17.0. The van der Waals surface area contributed by atoms with Crippen molar-refractivity contribution in [1.82, 2.24) is 4.57 Å². The second-order valence-corrected chi connectivity index (χ2v) is 31.4. The number of anilines is 3. The molecule has 4 aliphatic rings. The first-order valence-corrected chi connectivity index (χ1v) is 32.4. The van der Waals surface area contributed by atoms with Gasteiger partial charge in [0.15, 0.2) is 0 Å². The van der Waals surface area contributed by atoms with Crippen molar-refractivity contribution in [2.45, 2.75) is 155 Å². The van der Waals surface area contributed by atoms with Crippen LogP contribution in [0.5, 0.6) is 0 Å². The van der Waals surface area contributed by atoms with Gasteiger partial charge in [0.1, 0.15) is 0 Å². The number of fused-ring (bicyclic) bond motifs is 16. The first-order chi connectivity index (χ1) is 41.4. The average Bonchev–Trinajstić information content (AvgIpc) is 1.63. The molecule has 2 nitrogen and oxygen atoms in total. The molecule has 0 saturated heterocycles. The van der Waals surface area contributed by atoms with E-state index in [0.717, 1.165) is 12.8 Å². The van der Waals surface area contributed by atoms with Crippen molar-refractivity contribution in [3.63, 3.8) is 0 Å². The predicted octanol–water partition coefficient (Wildman–Crippen LogP) is 21.2. The molecule has 3 heterocycles. The third kappa shape index (κ3) is 7.92.